The lowest BCUT2D eigenvalue weighted by molar-refractivity contribution is -0.104. The van der Waals surface area contributed by atoms with E-state index in [9.17, 15) is 9.90 Å². The third kappa shape index (κ3) is 7.26. The van der Waals surface area contributed by atoms with E-state index in [1.165, 1.54) is 12.2 Å². The van der Waals surface area contributed by atoms with Gasteiger partial charge in [0.1, 0.15) is 6.29 Å². The third-order valence-electron chi connectivity index (χ3n) is 1.40. The number of hydrogen-bond donors (Lipinski definition) is 1. The first-order chi connectivity index (χ1) is 5.62. The summed E-state index contributed by atoms with van der Waals surface area (Å²) in [4.78, 5) is 9.90. The van der Waals surface area contributed by atoms with Crippen LogP contribution in [0.1, 0.15) is 34.0 Å². The van der Waals surface area contributed by atoms with Crippen molar-refractivity contribution in [1.82, 2.24) is 0 Å². The van der Waals surface area contributed by atoms with Crippen LogP contribution in [0.25, 0.3) is 0 Å². The van der Waals surface area contributed by atoms with Crippen molar-refractivity contribution >= 4 is 6.29 Å². The fourth-order valence-electron chi connectivity index (χ4n) is 0.790. The maximum absolute atomic E-state index is 9.90. The van der Waals surface area contributed by atoms with Gasteiger partial charge in [0.25, 0.3) is 0 Å². The lowest BCUT2D eigenvalue weighted by Gasteiger charge is -2.02. The predicted octanol–water partition coefficient (Wildman–Crippen LogP) is 1.68. The van der Waals surface area contributed by atoms with Crippen LogP contribution in [-0.4, -0.2) is 17.5 Å². The molecule has 0 saturated carbocycles. The zero-order chi connectivity index (χ0) is 9.45. The van der Waals surface area contributed by atoms with Crippen molar-refractivity contribution in [1.29, 1.82) is 0 Å². The summed E-state index contributed by atoms with van der Waals surface area (Å²) in [5.41, 5.74) is 0. The highest BCUT2D eigenvalue weighted by atomic mass is 16.3. The molecular formula is C9H16O2. The summed E-state index contributed by atoms with van der Waals surface area (Å²) in [6.07, 6.45) is 4.68. The molecule has 2 heteroatoms. The number of carbonyl (C=O) groups is 1. The van der Waals surface area contributed by atoms with E-state index < -0.39 is 6.08 Å². The molecule has 0 saturated heterocycles. The van der Waals surface area contributed by atoms with Crippen LogP contribution >= 0.6 is 0 Å². The Hall–Kier alpha value is -0.630. The Bertz CT molecular complexity index is 153. The maximum atomic E-state index is 9.90. The Balaban J connectivity index is 3.70. The van der Waals surface area contributed by atoms with E-state index in [2.05, 4.69) is 6.92 Å². The van der Waals surface area contributed by atoms with Crippen LogP contribution in [-0.2, 0) is 4.79 Å². The van der Waals surface area contributed by atoms with Crippen molar-refractivity contribution in [3.63, 3.8) is 0 Å². The van der Waals surface area contributed by atoms with Crippen LogP contribution in [0.15, 0.2) is 12.2 Å². The summed E-state index contributed by atoms with van der Waals surface area (Å²) < 4.78 is 7.32. The number of allylic oxidation sites excluding steroid dienone is 1. The van der Waals surface area contributed by atoms with Gasteiger partial charge in [-0.3, -0.25) is 4.79 Å². The highest BCUT2D eigenvalue weighted by Gasteiger charge is 1.96. The molecule has 0 radical (unpaired) electrons. The predicted molar refractivity (Wildman–Crippen MR) is 45.4 cm³/mol. The van der Waals surface area contributed by atoms with Gasteiger partial charge in [0.15, 0.2) is 0 Å². The van der Waals surface area contributed by atoms with Crippen LogP contribution in [0.3, 0.4) is 0 Å². The number of unbranched alkanes of at least 4 members (excludes halogenated alkanes) is 2. The molecule has 11 heavy (non-hydrogen) atoms. The fraction of sp³-hybridized carbons (Fsp3) is 0.667. The molecule has 0 fully saturated rings. The molecular weight excluding hydrogens is 140 g/mol. The first kappa shape index (κ1) is 8.47. The van der Waals surface area contributed by atoms with Crippen molar-refractivity contribution in [3.8, 4) is 0 Å². The van der Waals surface area contributed by atoms with Gasteiger partial charge in [0.05, 0.1) is 7.45 Å². The van der Waals surface area contributed by atoms with Crippen LogP contribution in [0.2, 0.25) is 0 Å². The molecule has 0 aromatic heterocycles. The summed E-state index contributed by atoms with van der Waals surface area (Å²) in [6, 6.07) is 0. The molecule has 0 aliphatic carbocycles. The molecule has 1 unspecified atom stereocenters. The van der Waals surface area contributed by atoms with E-state index in [4.69, 9.17) is 1.37 Å². The zero-order valence-corrected chi connectivity index (χ0v) is 6.92. The summed E-state index contributed by atoms with van der Waals surface area (Å²) in [5, 5.41) is 9.29. The number of carbonyl (C=O) groups excluding carboxylic acids is 1. The molecule has 0 heterocycles. The maximum Gasteiger partial charge on any atom is 0.142 e. The van der Waals surface area contributed by atoms with Crippen molar-refractivity contribution < 1.29 is 11.3 Å². The molecule has 0 amide bonds. The van der Waals surface area contributed by atoms with Crippen LogP contribution in [0.4, 0.5) is 0 Å². The zero-order valence-electron chi connectivity index (χ0n) is 7.92. The van der Waals surface area contributed by atoms with Crippen LogP contribution in [0.5, 0.6) is 0 Å². The van der Waals surface area contributed by atoms with Crippen molar-refractivity contribution in [2.24, 2.45) is 0 Å². The lowest BCUT2D eigenvalue weighted by atomic mass is 10.1. The van der Waals surface area contributed by atoms with Gasteiger partial charge in [-0.2, -0.15) is 0 Å². The van der Waals surface area contributed by atoms with Crippen molar-refractivity contribution in [2.45, 2.75) is 38.7 Å². The van der Waals surface area contributed by atoms with E-state index >= 15 is 0 Å². The van der Waals surface area contributed by atoms with E-state index in [-0.39, 0.29) is 0 Å². The van der Waals surface area contributed by atoms with Gasteiger partial charge in [-0.1, -0.05) is 32.3 Å². The van der Waals surface area contributed by atoms with Gasteiger partial charge >= 0.3 is 0 Å². The smallest absolute Gasteiger partial charge is 0.142 e. The lowest BCUT2D eigenvalue weighted by Crippen LogP contribution is -2.01. The largest absolute Gasteiger partial charge is 0.389 e. The van der Waals surface area contributed by atoms with Gasteiger partial charge in [0.2, 0.25) is 0 Å². The third-order valence-corrected chi connectivity index (χ3v) is 1.40. The standard InChI is InChI=1S/C9H16O2/c1-2-3-4-6-9(11)7-5-8-10/h5,7-9,11H,2-4,6H2,1H3/b7-5+/i9D. The Morgan fingerprint density at radius 1 is 1.64 bits per heavy atom. The van der Waals surface area contributed by atoms with Gasteiger partial charge in [0, 0.05) is 0 Å². The SMILES string of the molecule is [2H]C(O)(/C=C/C=O)CCCCC. The second-order valence-electron chi connectivity index (χ2n) is 2.44. The number of rotatable bonds is 6. The highest BCUT2D eigenvalue weighted by molar-refractivity contribution is 5.64. The van der Waals surface area contributed by atoms with E-state index in [1.54, 1.807) is 0 Å². The molecule has 0 aromatic rings. The number of aldehydes is 1. The summed E-state index contributed by atoms with van der Waals surface area (Å²) >= 11 is 0. The molecule has 0 bridgehead atoms. The van der Waals surface area contributed by atoms with E-state index in [0.717, 1.165) is 19.3 Å². The molecule has 0 aliphatic rings. The Morgan fingerprint density at radius 3 is 2.91 bits per heavy atom. The minimum absolute atomic E-state index is 0.394. The quantitative estimate of drug-likeness (QED) is 0.362. The second kappa shape index (κ2) is 7.48. The summed E-state index contributed by atoms with van der Waals surface area (Å²) in [7, 11) is 0. The number of aliphatic hydroxyl groups is 1. The van der Waals surface area contributed by atoms with E-state index in [0.29, 0.717) is 12.7 Å². The number of hydrogen-bond acceptors (Lipinski definition) is 2. The molecule has 1 atom stereocenters. The average Bonchev–Trinajstić information content (AvgIpc) is 2.01. The summed E-state index contributed by atoms with van der Waals surface area (Å²) in [6.45, 7) is 2.06. The van der Waals surface area contributed by atoms with Gasteiger partial charge < -0.3 is 5.11 Å². The van der Waals surface area contributed by atoms with E-state index in [1.807, 2.05) is 0 Å². The second-order valence-corrected chi connectivity index (χ2v) is 2.44. The fourth-order valence-corrected chi connectivity index (χ4v) is 0.790. The molecule has 1 N–H and O–H groups in total. The highest BCUT2D eigenvalue weighted by Crippen LogP contribution is 2.03. The Kier molecular flexibility index (Phi) is 5.75. The van der Waals surface area contributed by atoms with Crippen molar-refractivity contribution in [3.05, 3.63) is 12.2 Å². The first-order valence-corrected chi connectivity index (χ1v) is 3.98. The topological polar surface area (TPSA) is 37.3 Å². The van der Waals surface area contributed by atoms with Crippen LogP contribution < -0.4 is 0 Å². The summed E-state index contributed by atoms with van der Waals surface area (Å²) in [5.74, 6) is 0. The molecule has 0 aromatic carbocycles. The normalized spacial score (nSPS) is 17.8. The van der Waals surface area contributed by atoms with Crippen molar-refractivity contribution in [2.75, 3.05) is 0 Å². The minimum atomic E-state index is -1.56. The molecule has 0 rings (SSSR count). The monoisotopic (exact) mass is 157 g/mol. The molecule has 0 aliphatic heterocycles. The van der Waals surface area contributed by atoms with Gasteiger partial charge in [-0.05, 0) is 12.5 Å². The molecule has 64 valence electrons. The average molecular weight is 157 g/mol. The van der Waals surface area contributed by atoms with Crippen LogP contribution in [0, 0.1) is 0 Å². The first-order valence-electron chi connectivity index (χ1n) is 4.48. The Morgan fingerprint density at radius 2 is 2.36 bits per heavy atom. The van der Waals surface area contributed by atoms with Gasteiger partial charge in [-0.15, -0.1) is 0 Å². The molecule has 2 nitrogen and oxygen atoms in total. The van der Waals surface area contributed by atoms with Gasteiger partial charge in [-0.25, -0.2) is 0 Å². The minimum Gasteiger partial charge on any atom is -0.389 e. The Labute approximate surface area is 69.3 Å². The molecule has 0 spiro atoms.